The van der Waals surface area contributed by atoms with E-state index in [0.717, 1.165) is 0 Å². The molecule has 3 heterocycles. The summed E-state index contributed by atoms with van der Waals surface area (Å²) < 4.78 is 24.4. The van der Waals surface area contributed by atoms with E-state index in [1.807, 2.05) is 60.7 Å². The van der Waals surface area contributed by atoms with E-state index in [0.29, 0.717) is 11.1 Å². The zero-order valence-electron chi connectivity index (χ0n) is 20.9. The van der Waals surface area contributed by atoms with E-state index in [9.17, 15) is 15.3 Å². The maximum Gasteiger partial charge on any atom is 0.273 e. The van der Waals surface area contributed by atoms with Gasteiger partial charge >= 0.3 is 0 Å². The van der Waals surface area contributed by atoms with Crippen molar-refractivity contribution in [3.8, 4) is 0 Å². The van der Waals surface area contributed by atoms with Crippen LogP contribution in [0.3, 0.4) is 0 Å². The van der Waals surface area contributed by atoms with Gasteiger partial charge in [0.25, 0.3) is 6.48 Å². The van der Waals surface area contributed by atoms with Crippen molar-refractivity contribution in [2.75, 3.05) is 0 Å². The van der Waals surface area contributed by atoms with Gasteiger partial charge in [-0.1, -0.05) is 81.4 Å². The van der Waals surface area contributed by atoms with Crippen molar-refractivity contribution < 1.29 is 34.0 Å². The number of aliphatic hydroxyl groups excluding tert-OH is 1. The van der Waals surface area contributed by atoms with Crippen LogP contribution < -0.4 is 0 Å². The predicted octanol–water partition coefficient (Wildman–Crippen LogP) is 3.28. The average Bonchev–Trinajstić information content (AvgIpc) is 2.82. The molecule has 2 aromatic carbocycles. The molecule has 6 rings (SSSR count). The fourth-order valence-corrected chi connectivity index (χ4v) is 6.64. The highest BCUT2D eigenvalue weighted by Gasteiger charge is 2.70. The van der Waals surface area contributed by atoms with Gasteiger partial charge in [-0.05, 0) is 29.3 Å². The first kappa shape index (κ1) is 25.0. The highest BCUT2D eigenvalue weighted by Crippen LogP contribution is 2.53. The zero-order chi connectivity index (χ0) is 25.2. The summed E-state index contributed by atoms with van der Waals surface area (Å²) in [5.74, 6) is 0. The SMILES string of the molecule is CC(C)(C)[Si](C)(C)O[C@@H]1[C@@H]2OC3O[C@H]1[C@@](O)(CC(O)(c1ccccc1)c1ccccc1)[C@@H](O3)[C@@H]2O. The number of rotatable bonds is 6. The highest BCUT2D eigenvalue weighted by molar-refractivity contribution is 6.74. The molecule has 4 aliphatic rings. The number of hydrogen-bond donors (Lipinski definition) is 3. The standard InChI is InChI=1S/C27H36O7Si/c1-25(2,3)35(4,5)34-21-20-19(28)22-27(30,23(21)33-24(31-20)32-22)16-26(29,17-12-8-6-9-13-17)18-14-10-7-11-15-18/h6-15,19-24,28-30H,16H2,1-5H3/t19-,20-,21-,22+,23-,24?,27-/m1/s1. The summed E-state index contributed by atoms with van der Waals surface area (Å²) in [4.78, 5) is 0. The molecule has 0 radical (unpaired) electrons. The van der Waals surface area contributed by atoms with Crippen LogP contribution in [0.25, 0.3) is 0 Å². The summed E-state index contributed by atoms with van der Waals surface area (Å²) in [6, 6.07) is 18.5. The van der Waals surface area contributed by atoms with Crippen molar-refractivity contribution in [3.63, 3.8) is 0 Å². The molecule has 35 heavy (non-hydrogen) atoms. The van der Waals surface area contributed by atoms with Crippen LogP contribution in [0.15, 0.2) is 60.7 Å². The lowest BCUT2D eigenvalue weighted by molar-refractivity contribution is -0.501. The third kappa shape index (κ3) is 4.00. The van der Waals surface area contributed by atoms with E-state index in [1.54, 1.807) is 0 Å². The van der Waals surface area contributed by atoms with E-state index in [1.165, 1.54) is 0 Å². The van der Waals surface area contributed by atoms with Crippen molar-refractivity contribution in [1.29, 1.82) is 0 Å². The van der Waals surface area contributed by atoms with Crippen LogP contribution in [-0.2, 0) is 24.2 Å². The fraction of sp³-hybridized carbons (Fsp3) is 0.556. The van der Waals surface area contributed by atoms with Gasteiger partial charge in [-0.25, -0.2) is 0 Å². The number of hydrogen-bond acceptors (Lipinski definition) is 7. The Balaban J connectivity index is 1.57. The molecule has 7 nitrogen and oxygen atoms in total. The highest BCUT2D eigenvalue weighted by atomic mass is 28.4. The molecule has 4 fully saturated rings. The van der Waals surface area contributed by atoms with Crippen molar-refractivity contribution in [2.24, 2.45) is 0 Å². The van der Waals surface area contributed by atoms with Crippen molar-refractivity contribution >= 4 is 8.32 Å². The summed E-state index contributed by atoms with van der Waals surface area (Å²) in [5, 5.41) is 35.7. The molecule has 0 spiro atoms. The lowest BCUT2D eigenvalue weighted by Gasteiger charge is -2.63. The maximum absolute atomic E-state index is 12.3. The smallest absolute Gasteiger partial charge is 0.273 e. The molecule has 1 saturated carbocycles. The second-order valence-electron chi connectivity index (χ2n) is 11.6. The monoisotopic (exact) mass is 500 g/mol. The summed E-state index contributed by atoms with van der Waals surface area (Å²) >= 11 is 0. The number of aliphatic hydroxyl groups is 3. The predicted molar refractivity (Wildman–Crippen MR) is 132 cm³/mol. The minimum atomic E-state index is -2.33. The average molecular weight is 501 g/mol. The second kappa shape index (κ2) is 8.46. The van der Waals surface area contributed by atoms with Gasteiger partial charge in [-0.15, -0.1) is 0 Å². The lowest BCUT2D eigenvalue weighted by atomic mass is 9.66. The summed E-state index contributed by atoms with van der Waals surface area (Å²) in [5.41, 5.74) is -2.06. The Kier molecular flexibility index (Phi) is 6.05. The van der Waals surface area contributed by atoms with Gasteiger partial charge in [0.2, 0.25) is 0 Å². The molecular formula is C27H36O7Si. The molecule has 1 aliphatic carbocycles. The molecule has 0 aromatic heterocycles. The van der Waals surface area contributed by atoms with Gasteiger partial charge in [-0.2, -0.15) is 0 Å². The third-order valence-corrected chi connectivity index (χ3v) is 12.8. The molecule has 0 amide bonds. The van der Waals surface area contributed by atoms with Crippen LogP contribution in [0.4, 0.5) is 0 Å². The fourth-order valence-electron chi connectivity index (χ4n) is 5.35. The normalized spacial score (nSPS) is 34.9. The van der Waals surface area contributed by atoms with Gasteiger partial charge in [0.1, 0.15) is 41.7 Å². The molecule has 190 valence electrons. The summed E-state index contributed by atoms with van der Waals surface area (Å²) in [7, 11) is -2.33. The minimum absolute atomic E-state index is 0.101. The largest absolute Gasteiger partial charge is 0.408 e. The van der Waals surface area contributed by atoms with E-state index < -0.39 is 56.5 Å². The van der Waals surface area contributed by atoms with Gasteiger partial charge in [0.05, 0.1) is 0 Å². The molecule has 4 bridgehead atoms. The third-order valence-electron chi connectivity index (χ3n) is 8.32. The Morgan fingerprint density at radius 1 is 0.886 bits per heavy atom. The summed E-state index contributed by atoms with van der Waals surface area (Å²) in [6.45, 7) is 9.64. The molecular weight excluding hydrogens is 464 g/mol. The topological polar surface area (TPSA) is 97.6 Å². The van der Waals surface area contributed by atoms with E-state index >= 15 is 0 Å². The molecule has 3 N–H and O–H groups in total. The molecule has 7 atom stereocenters. The van der Waals surface area contributed by atoms with Crippen molar-refractivity contribution in [1.82, 2.24) is 0 Å². The van der Waals surface area contributed by atoms with Gasteiger partial charge < -0.3 is 34.0 Å². The Bertz CT molecular complexity index is 1000. The van der Waals surface area contributed by atoms with E-state index in [-0.39, 0.29) is 11.5 Å². The Morgan fingerprint density at radius 3 is 1.91 bits per heavy atom. The lowest BCUT2D eigenvalue weighted by Crippen LogP contribution is -2.82. The Labute approximate surface area is 207 Å². The van der Waals surface area contributed by atoms with E-state index in [4.69, 9.17) is 18.6 Å². The number of benzene rings is 2. The molecule has 3 saturated heterocycles. The number of ether oxygens (including phenoxy) is 3. The van der Waals surface area contributed by atoms with Gasteiger partial charge in [0.15, 0.2) is 8.32 Å². The first-order valence-corrected chi connectivity index (χ1v) is 15.2. The second-order valence-corrected chi connectivity index (χ2v) is 16.4. The zero-order valence-corrected chi connectivity index (χ0v) is 21.9. The van der Waals surface area contributed by atoms with Crippen LogP contribution in [-0.4, -0.2) is 66.2 Å². The van der Waals surface area contributed by atoms with E-state index in [2.05, 4.69) is 33.9 Å². The minimum Gasteiger partial charge on any atom is -0.408 e. The van der Waals surface area contributed by atoms with Crippen LogP contribution in [0.1, 0.15) is 38.3 Å². The van der Waals surface area contributed by atoms with Crippen LogP contribution in [0, 0.1) is 0 Å². The molecule has 8 heteroatoms. The molecule has 2 aromatic rings. The van der Waals surface area contributed by atoms with Crippen LogP contribution >= 0.6 is 0 Å². The summed E-state index contributed by atoms with van der Waals surface area (Å²) in [6.07, 6.45) is -4.53. The Morgan fingerprint density at radius 2 is 1.40 bits per heavy atom. The Hall–Kier alpha value is -1.62. The van der Waals surface area contributed by atoms with Crippen LogP contribution in [0.2, 0.25) is 18.1 Å². The maximum atomic E-state index is 12.3. The van der Waals surface area contributed by atoms with Gasteiger partial charge in [-0.3, -0.25) is 0 Å². The molecule has 1 unspecified atom stereocenters. The quantitative estimate of drug-likeness (QED) is 0.524. The van der Waals surface area contributed by atoms with Crippen molar-refractivity contribution in [3.05, 3.63) is 71.8 Å². The van der Waals surface area contributed by atoms with Crippen molar-refractivity contribution in [2.45, 2.75) is 93.5 Å². The van der Waals surface area contributed by atoms with Gasteiger partial charge in [0, 0.05) is 6.42 Å². The van der Waals surface area contributed by atoms with Crippen LogP contribution in [0.5, 0.6) is 0 Å². The molecule has 3 aliphatic heterocycles. The first-order chi connectivity index (χ1) is 16.4. The first-order valence-electron chi connectivity index (χ1n) is 12.2.